The number of rotatable bonds is 3. The van der Waals surface area contributed by atoms with Crippen LogP contribution >= 0.6 is 0 Å². The van der Waals surface area contributed by atoms with Gasteiger partial charge in [-0.25, -0.2) is 0 Å². The van der Waals surface area contributed by atoms with E-state index >= 15 is 0 Å². The first kappa shape index (κ1) is 11.9. The molecule has 0 radical (unpaired) electrons. The van der Waals surface area contributed by atoms with Crippen LogP contribution in [0.2, 0.25) is 0 Å². The summed E-state index contributed by atoms with van der Waals surface area (Å²) in [5.41, 5.74) is 1.70. The zero-order chi connectivity index (χ0) is 12.3. The molecule has 17 heavy (non-hydrogen) atoms. The van der Waals surface area contributed by atoms with E-state index in [2.05, 4.69) is 10.6 Å². The number of methoxy groups -OCH3 is 1. The largest absolute Gasteiger partial charge is 0.495 e. The van der Waals surface area contributed by atoms with E-state index in [4.69, 9.17) is 9.47 Å². The highest BCUT2D eigenvalue weighted by molar-refractivity contribution is 5.90. The zero-order valence-corrected chi connectivity index (χ0v) is 9.95. The molecule has 5 heteroatoms. The molecule has 0 spiro atoms. The lowest BCUT2D eigenvalue weighted by Crippen LogP contribution is -2.10. The third kappa shape index (κ3) is 2.75. The van der Waals surface area contributed by atoms with Gasteiger partial charge in [-0.2, -0.15) is 0 Å². The molecule has 0 aliphatic carbocycles. The average molecular weight is 236 g/mol. The third-order valence-corrected chi connectivity index (χ3v) is 2.62. The van der Waals surface area contributed by atoms with Crippen molar-refractivity contribution in [2.45, 2.75) is 13.0 Å². The van der Waals surface area contributed by atoms with Crippen molar-refractivity contribution in [1.82, 2.24) is 5.32 Å². The van der Waals surface area contributed by atoms with Crippen LogP contribution in [-0.2, 0) is 9.53 Å². The predicted molar refractivity (Wildman–Crippen MR) is 64.0 cm³/mol. The minimum Gasteiger partial charge on any atom is -0.495 e. The summed E-state index contributed by atoms with van der Waals surface area (Å²) in [6.45, 7) is 2.82. The van der Waals surface area contributed by atoms with Gasteiger partial charge in [-0.3, -0.25) is 10.1 Å². The number of hydrogen-bond donors (Lipinski definition) is 2. The van der Waals surface area contributed by atoms with E-state index in [1.807, 2.05) is 18.2 Å². The van der Waals surface area contributed by atoms with Gasteiger partial charge in [0.05, 0.1) is 25.6 Å². The molecule has 1 aromatic carbocycles. The first-order valence-corrected chi connectivity index (χ1v) is 5.48. The molecule has 1 aliphatic rings. The second kappa shape index (κ2) is 5.16. The van der Waals surface area contributed by atoms with E-state index in [0.717, 1.165) is 12.1 Å². The average Bonchev–Trinajstić information content (AvgIpc) is 2.81. The summed E-state index contributed by atoms with van der Waals surface area (Å²) in [6, 6.07) is 5.67. The molecule has 1 aliphatic heterocycles. The van der Waals surface area contributed by atoms with Crippen molar-refractivity contribution in [3.8, 4) is 5.75 Å². The maximum atomic E-state index is 11.1. The summed E-state index contributed by atoms with van der Waals surface area (Å²) in [5.74, 6) is 0.529. The second-order valence-corrected chi connectivity index (χ2v) is 3.89. The van der Waals surface area contributed by atoms with E-state index < -0.39 is 0 Å². The summed E-state index contributed by atoms with van der Waals surface area (Å²) < 4.78 is 10.7. The number of carbonyl (C=O) groups is 1. The van der Waals surface area contributed by atoms with Crippen LogP contribution in [0, 0.1) is 0 Å². The Morgan fingerprint density at radius 3 is 3.00 bits per heavy atom. The standard InChI is InChI=1S/C12H16N2O3/c1-8(15)14-10-5-9(3-4-11(10)16-2)12-6-13-7-17-12/h3-5,12-13H,6-7H2,1-2H3,(H,14,15). The Morgan fingerprint density at radius 1 is 1.59 bits per heavy atom. The highest BCUT2D eigenvalue weighted by atomic mass is 16.5. The lowest BCUT2D eigenvalue weighted by Gasteiger charge is -2.14. The molecule has 5 nitrogen and oxygen atoms in total. The smallest absolute Gasteiger partial charge is 0.221 e. The first-order chi connectivity index (χ1) is 8.20. The monoisotopic (exact) mass is 236 g/mol. The molecule has 1 amide bonds. The van der Waals surface area contributed by atoms with Gasteiger partial charge in [0.1, 0.15) is 5.75 Å². The van der Waals surface area contributed by atoms with Crippen molar-refractivity contribution < 1.29 is 14.3 Å². The minimum atomic E-state index is -0.120. The van der Waals surface area contributed by atoms with E-state index in [1.165, 1.54) is 6.92 Å². The zero-order valence-electron chi connectivity index (χ0n) is 9.95. The van der Waals surface area contributed by atoms with Gasteiger partial charge in [0.2, 0.25) is 5.91 Å². The predicted octanol–water partition coefficient (Wildman–Crippen LogP) is 1.27. The minimum absolute atomic E-state index is 0.0356. The maximum Gasteiger partial charge on any atom is 0.221 e. The number of carbonyl (C=O) groups excluding carboxylic acids is 1. The molecule has 1 unspecified atom stereocenters. The van der Waals surface area contributed by atoms with Crippen LogP contribution in [0.15, 0.2) is 18.2 Å². The van der Waals surface area contributed by atoms with Gasteiger partial charge < -0.3 is 14.8 Å². The summed E-state index contributed by atoms with van der Waals surface area (Å²) >= 11 is 0. The lowest BCUT2D eigenvalue weighted by molar-refractivity contribution is -0.114. The summed E-state index contributed by atoms with van der Waals surface area (Å²) in [6.07, 6.45) is 0.0356. The van der Waals surface area contributed by atoms with E-state index in [-0.39, 0.29) is 12.0 Å². The number of ether oxygens (including phenoxy) is 2. The molecule has 1 heterocycles. The fraction of sp³-hybridized carbons (Fsp3) is 0.417. The lowest BCUT2D eigenvalue weighted by atomic mass is 10.1. The van der Waals surface area contributed by atoms with Crippen LogP contribution in [0.25, 0.3) is 0 Å². The Hall–Kier alpha value is -1.59. The number of nitrogens with one attached hydrogen (secondary N) is 2. The van der Waals surface area contributed by atoms with Gasteiger partial charge in [0, 0.05) is 13.5 Å². The Balaban J connectivity index is 2.26. The van der Waals surface area contributed by atoms with Crippen molar-refractivity contribution in [3.63, 3.8) is 0 Å². The van der Waals surface area contributed by atoms with E-state index in [1.54, 1.807) is 7.11 Å². The van der Waals surface area contributed by atoms with E-state index in [9.17, 15) is 4.79 Å². The highest BCUT2D eigenvalue weighted by Crippen LogP contribution is 2.30. The Kier molecular flexibility index (Phi) is 3.61. The topological polar surface area (TPSA) is 59.6 Å². The molecule has 1 saturated heterocycles. The normalized spacial score (nSPS) is 19.1. The maximum absolute atomic E-state index is 11.1. The van der Waals surface area contributed by atoms with Gasteiger partial charge in [-0.1, -0.05) is 6.07 Å². The van der Waals surface area contributed by atoms with Crippen molar-refractivity contribution in [2.24, 2.45) is 0 Å². The Morgan fingerprint density at radius 2 is 2.41 bits per heavy atom. The van der Waals surface area contributed by atoms with Gasteiger partial charge in [0.15, 0.2) is 0 Å². The van der Waals surface area contributed by atoms with Crippen LogP contribution < -0.4 is 15.4 Å². The summed E-state index contributed by atoms with van der Waals surface area (Å²) in [7, 11) is 1.58. The molecule has 1 fully saturated rings. The fourth-order valence-electron chi connectivity index (χ4n) is 1.84. The highest BCUT2D eigenvalue weighted by Gasteiger charge is 2.18. The molecule has 0 aromatic heterocycles. The van der Waals surface area contributed by atoms with Crippen LogP contribution in [0.5, 0.6) is 5.75 Å². The third-order valence-electron chi connectivity index (χ3n) is 2.62. The molecular weight excluding hydrogens is 220 g/mol. The van der Waals surface area contributed by atoms with Crippen LogP contribution in [0.4, 0.5) is 5.69 Å². The van der Waals surface area contributed by atoms with Gasteiger partial charge in [0.25, 0.3) is 0 Å². The van der Waals surface area contributed by atoms with Crippen LogP contribution in [-0.4, -0.2) is 26.3 Å². The first-order valence-electron chi connectivity index (χ1n) is 5.48. The van der Waals surface area contributed by atoms with Crippen molar-refractivity contribution in [2.75, 3.05) is 25.7 Å². The number of benzene rings is 1. The second-order valence-electron chi connectivity index (χ2n) is 3.89. The summed E-state index contributed by atoms with van der Waals surface area (Å²) in [5, 5.41) is 5.87. The molecule has 0 saturated carbocycles. The molecule has 92 valence electrons. The fourth-order valence-corrected chi connectivity index (χ4v) is 1.84. The molecule has 2 rings (SSSR count). The molecular formula is C12H16N2O3. The molecule has 2 N–H and O–H groups in total. The number of anilines is 1. The van der Waals surface area contributed by atoms with Crippen molar-refractivity contribution in [3.05, 3.63) is 23.8 Å². The molecule has 1 atom stereocenters. The van der Waals surface area contributed by atoms with Gasteiger partial charge in [-0.15, -0.1) is 0 Å². The molecule has 1 aromatic rings. The van der Waals surface area contributed by atoms with Crippen molar-refractivity contribution >= 4 is 11.6 Å². The number of amides is 1. The number of hydrogen-bond acceptors (Lipinski definition) is 4. The van der Waals surface area contributed by atoms with Crippen LogP contribution in [0.1, 0.15) is 18.6 Å². The molecule has 0 bridgehead atoms. The van der Waals surface area contributed by atoms with E-state index in [0.29, 0.717) is 18.2 Å². The summed E-state index contributed by atoms with van der Waals surface area (Å²) in [4.78, 5) is 11.1. The van der Waals surface area contributed by atoms with Crippen LogP contribution in [0.3, 0.4) is 0 Å². The SMILES string of the molecule is COc1ccc(C2CNCO2)cc1NC(C)=O. The Bertz CT molecular complexity index is 414. The van der Waals surface area contributed by atoms with Gasteiger partial charge in [-0.05, 0) is 17.7 Å². The quantitative estimate of drug-likeness (QED) is 0.829. The Labute approximate surface area is 100 Å². The van der Waals surface area contributed by atoms with Gasteiger partial charge >= 0.3 is 0 Å². The van der Waals surface area contributed by atoms with Crippen molar-refractivity contribution in [1.29, 1.82) is 0 Å².